The van der Waals surface area contributed by atoms with E-state index in [2.05, 4.69) is 15.1 Å². The minimum atomic E-state index is -0.200. The van der Waals surface area contributed by atoms with Gasteiger partial charge in [-0.3, -0.25) is 15.3 Å². The molecule has 0 aliphatic heterocycles. The van der Waals surface area contributed by atoms with Crippen molar-refractivity contribution in [1.82, 2.24) is 19.6 Å². The van der Waals surface area contributed by atoms with Gasteiger partial charge in [-0.1, -0.05) is 11.8 Å². The summed E-state index contributed by atoms with van der Waals surface area (Å²) >= 11 is 1.13. The summed E-state index contributed by atoms with van der Waals surface area (Å²) in [4.78, 5) is 19.8. The molecular formula is C8H10N6OS. The van der Waals surface area contributed by atoms with Crippen molar-refractivity contribution >= 4 is 22.7 Å². The number of aromatic amines is 1. The van der Waals surface area contributed by atoms with Gasteiger partial charge in [0.1, 0.15) is 5.82 Å². The number of thioether (sulfide) groups is 1. The first-order valence-electron chi connectivity index (χ1n) is 4.48. The lowest BCUT2D eigenvalue weighted by Crippen LogP contribution is -2.14. The molecule has 7 nitrogen and oxygen atoms in total. The molecular weight excluding hydrogens is 228 g/mol. The molecule has 0 bridgehead atoms. The molecule has 0 unspecified atom stereocenters. The van der Waals surface area contributed by atoms with Crippen molar-refractivity contribution < 1.29 is 0 Å². The summed E-state index contributed by atoms with van der Waals surface area (Å²) in [6.45, 7) is 1.74. The Bertz CT molecular complexity index is 600. The van der Waals surface area contributed by atoms with E-state index in [1.54, 1.807) is 6.92 Å². The first-order valence-corrected chi connectivity index (χ1v) is 5.47. The number of nitrogens with one attached hydrogen (secondary N) is 2. The van der Waals surface area contributed by atoms with Gasteiger partial charge in [0.15, 0.2) is 5.17 Å². The molecule has 2 aromatic heterocycles. The second-order valence-corrected chi connectivity index (χ2v) is 4.21. The molecule has 16 heavy (non-hydrogen) atoms. The molecule has 0 aliphatic carbocycles. The molecule has 0 aliphatic rings. The Morgan fingerprint density at radius 1 is 1.69 bits per heavy atom. The Kier molecular flexibility index (Phi) is 2.65. The van der Waals surface area contributed by atoms with Gasteiger partial charge >= 0.3 is 0 Å². The van der Waals surface area contributed by atoms with Gasteiger partial charge in [0.05, 0.1) is 5.75 Å². The number of rotatable bonds is 2. The minimum Gasteiger partial charge on any atom is -0.379 e. The van der Waals surface area contributed by atoms with Crippen molar-refractivity contribution in [3.05, 3.63) is 27.9 Å². The van der Waals surface area contributed by atoms with Crippen molar-refractivity contribution in [2.24, 2.45) is 5.73 Å². The maximum atomic E-state index is 11.5. The second-order valence-electron chi connectivity index (χ2n) is 3.19. The molecule has 0 aromatic carbocycles. The summed E-state index contributed by atoms with van der Waals surface area (Å²) in [5.74, 6) is 1.32. The number of nitrogens with two attached hydrogens (primary N) is 1. The summed E-state index contributed by atoms with van der Waals surface area (Å²) in [5.41, 5.74) is 5.64. The number of hydrogen-bond donors (Lipinski definition) is 3. The average molecular weight is 238 g/mol. The Morgan fingerprint density at radius 2 is 2.44 bits per heavy atom. The molecule has 0 saturated heterocycles. The molecule has 0 saturated carbocycles. The van der Waals surface area contributed by atoms with E-state index in [4.69, 9.17) is 11.1 Å². The predicted molar refractivity (Wildman–Crippen MR) is 61.6 cm³/mol. The van der Waals surface area contributed by atoms with Crippen LogP contribution in [0, 0.1) is 12.3 Å². The van der Waals surface area contributed by atoms with E-state index >= 15 is 0 Å². The van der Waals surface area contributed by atoms with Crippen LogP contribution in [0.15, 0.2) is 10.9 Å². The number of aromatic nitrogens is 4. The predicted octanol–water partition coefficient (Wildman–Crippen LogP) is -0.147. The van der Waals surface area contributed by atoms with Gasteiger partial charge in [0.2, 0.25) is 0 Å². The highest BCUT2D eigenvalue weighted by Gasteiger charge is 2.06. The Balaban J connectivity index is 2.40. The van der Waals surface area contributed by atoms with Crippen LogP contribution in [0.4, 0.5) is 0 Å². The average Bonchev–Trinajstić information content (AvgIpc) is 2.57. The van der Waals surface area contributed by atoms with Gasteiger partial charge in [-0.2, -0.15) is 9.50 Å². The molecule has 4 N–H and O–H groups in total. The fourth-order valence-electron chi connectivity index (χ4n) is 1.25. The molecule has 84 valence electrons. The van der Waals surface area contributed by atoms with Gasteiger partial charge in [0, 0.05) is 11.8 Å². The highest BCUT2D eigenvalue weighted by molar-refractivity contribution is 8.12. The number of nitrogens with zero attached hydrogens (tertiary/aromatic N) is 3. The number of hydrogen-bond acceptors (Lipinski definition) is 5. The molecule has 0 amide bonds. The maximum absolute atomic E-state index is 11.5. The fourth-order valence-corrected chi connectivity index (χ4v) is 1.67. The highest BCUT2D eigenvalue weighted by atomic mass is 32.2. The summed E-state index contributed by atoms with van der Waals surface area (Å²) in [6, 6.07) is 1.42. The van der Waals surface area contributed by atoms with E-state index in [0.717, 1.165) is 11.8 Å². The van der Waals surface area contributed by atoms with Gasteiger partial charge < -0.3 is 5.73 Å². The third kappa shape index (κ3) is 2.06. The molecule has 8 heteroatoms. The van der Waals surface area contributed by atoms with Crippen molar-refractivity contribution in [1.29, 1.82) is 5.41 Å². The van der Waals surface area contributed by atoms with Crippen LogP contribution < -0.4 is 11.3 Å². The van der Waals surface area contributed by atoms with Crippen molar-refractivity contribution in [2.75, 3.05) is 0 Å². The van der Waals surface area contributed by atoms with E-state index in [0.29, 0.717) is 23.0 Å². The maximum Gasteiger partial charge on any atom is 0.274 e. The standard InChI is InChI=1S/C8H10N6OS/c1-4-2-6(15)14-8(11-4)12-5(13-14)3-16-7(9)10/h2H,3H2,1H3,(H3,9,10)(H,11,12,13). The van der Waals surface area contributed by atoms with Crippen molar-refractivity contribution in [3.8, 4) is 0 Å². The van der Waals surface area contributed by atoms with Crippen LogP contribution in [0.5, 0.6) is 0 Å². The monoisotopic (exact) mass is 238 g/mol. The summed E-state index contributed by atoms with van der Waals surface area (Å²) < 4.78 is 1.27. The van der Waals surface area contributed by atoms with Gasteiger partial charge in [-0.15, -0.1) is 0 Å². The quantitative estimate of drug-likeness (QED) is 0.497. The van der Waals surface area contributed by atoms with Crippen LogP contribution >= 0.6 is 11.8 Å². The summed E-state index contributed by atoms with van der Waals surface area (Å²) in [7, 11) is 0. The van der Waals surface area contributed by atoms with E-state index in [1.165, 1.54) is 10.6 Å². The SMILES string of the molecule is Cc1cc(=O)n2[nH]c(CSC(=N)N)nc2n1. The molecule has 0 atom stereocenters. The van der Waals surface area contributed by atoms with Crippen LogP contribution in [-0.4, -0.2) is 24.7 Å². The lowest BCUT2D eigenvalue weighted by Gasteiger charge is -1.92. The van der Waals surface area contributed by atoms with Crippen LogP contribution in [0.2, 0.25) is 0 Å². The number of aryl methyl sites for hydroxylation is 1. The van der Waals surface area contributed by atoms with E-state index in [-0.39, 0.29) is 10.7 Å². The normalized spacial score (nSPS) is 10.8. The molecule has 2 heterocycles. The Morgan fingerprint density at radius 3 is 3.12 bits per heavy atom. The van der Waals surface area contributed by atoms with Gasteiger partial charge in [-0.25, -0.2) is 4.98 Å². The fraction of sp³-hybridized carbons (Fsp3) is 0.250. The number of H-pyrrole nitrogens is 1. The van der Waals surface area contributed by atoms with Gasteiger partial charge in [-0.05, 0) is 6.92 Å². The molecule has 0 spiro atoms. The first kappa shape index (κ1) is 10.7. The lowest BCUT2D eigenvalue weighted by molar-refractivity contribution is 0.870. The van der Waals surface area contributed by atoms with Crippen LogP contribution in [-0.2, 0) is 5.75 Å². The molecule has 0 radical (unpaired) electrons. The largest absolute Gasteiger partial charge is 0.379 e. The van der Waals surface area contributed by atoms with E-state index < -0.39 is 0 Å². The zero-order valence-corrected chi connectivity index (χ0v) is 9.34. The van der Waals surface area contributed by atoms with Crippen LogP contribution in [0.3, 0.4) is 0 Å². The molecule has 0 fully saturated rings. The minimum absolute atomic E-state index is 0.0111. The van der Waals surface area contributed by atoms with Crippen molar-refractivity contribution in [3.63, 3.8) is 0 Å². The third-order valence-corrected chi connectivity index (χ3v) is 2.60. The lowest BCUT2D eigenvalue weighted by atomic mass is 10.5. The highest BCUT2D eigenvalue weighted by Crippen LogP contribution is 2.07. The Labute approximate surface area is 94.6 Å². The van der Waals surface area contributed by atoms with Crippen molar-refractivity contribution in [2.45, 2.75) is 12.7 Å². The summed E-state index contributed by atoms with van der Waals surface area (Å²) in [5, 5.41) is 9.88. The smallest absolute Gasteiger partial charge is 0.274 e. The zero-order chi connectivity index (χ0) is 11.7. The molecule has 2 rings (SSSR count). The number of amidine groups is 1. The second kappa shape index (κ2) is 3.97. The molecule has 2 aromatic rings. The van der Waals surface area contributed by atoms with E-state index in [1.807, 2.05) is 0 Å². The van der Waals surface area contributed by atoms with Crippen LogP contribution in [0.25, 0.3) is 5.78 Å². The Hall–Kier alpha value is -1.83. The number of fused-ring (bicyclic) bond motifs is 1. The topological polar surface area (TPSA) is 113 Å². The third-order valence-electron chi connectivity index (χ3n) is 1.87. The first-order chi connectivity index (χ1) is 7.56. The van der Waals surface area contributed by atoms with Gasteiger partial charge in [0.25, 0.3) is 11.3 Å². The van der Waals surface area contributed by atoms with Crippen LogP contribution in [0.1, 0.15) is 11.5 Å². The summed E-state index contributed by atoms with van der Waals surface area (Å²) in [6.07, 6.45) is 0. The zero-order valence-electron chi connectivity index (χ0n) is 8.52. The van der Waals surface area contributed by atoms with E-state index in [9.17, 15) is 4.79 Å².